The summed E-state index contributed by atoms with van der Waals surface area (Å²) in [4.78, 5) is 24.3. The number of hydrogen-bond donors (Lipinski definition) is 1. The fourth-order valence-electron chi connectivity index (χ4n) is 3.82. The smallest absolute Gasteiger partial charge is 0.227 e. The number of nitrogens with zero attached hydrogens (tertiary/aromatic N) is 3. The predicted octanol–water partition coefficient (Wildman–Crippen LogP) is 2.62. The van der Waals surface area contributed by atoms with Crippen LogP contribution in [0.15, 0.2) is 30.5 Å². The number of amides is 1. The van der Waals surface area contributed by atoms with Gasteiger partial charge in [-0.25, -0.2) is 9.97 Å². The zero-order chi connectivity index (χ0) is 18.6. The first kappa shape index (κ1) is 17.9. The van der Waals surface area contributed by atoms with Gasteiger partial charge in [-0.05, 0) is 42.9 Å². The molecule has 1 N–H and O–H groups in total. The highest BCUT2D eigenvalue weighted by atomic mass is 16.5. The molecule has 0 unspecified atom stereocenters. The number of anilines is 2. The summed E-state index contributed by atoms with van der Waals surface area (Å²) in [7, 11) is 0. The van der Waals surface area contributed by atoms with Crippen molar-refractivity contribution in [3.8, 4) is 0 Å². The second kappa shape index (κ2) is 8.05. The number of carbonyl (C=O) groups excluding carboxylic acids is 1. The molecule has 1 fully saturated rings. The number of aromatic nitrogens is 2. The topological polar surface area (TPSA) is 67.4 Å². The van der Waals surface area contributed by atoms with E-state index < -0.39 is 0 Å². The summed E-state index contributed by atoms with van der Waals surface area (Å²) in [6, 6.07) is 8.01. The number of morpholine rings is 1. The lowest BCUT2D eigenvalue weighted by atomic mass is 9.86. The predicted molar refractivity (Wildman–Crippen MR) is 105 cm³/mol. The van der Waals surface area contributed by atoms with Crippen LogP contribution in [0.1, 0.15) is 30.2 Å². The van der Waals surface area contributed by atoms with Crippen LogP contribution < -0.4 is 10.2 Å². The summed E-state index contributed by atoms with van der Waals surface area (Å²) in [5.74, 6) is 0.857. The van der Waals surface area contributed by atoms with Crippen molar-refractivity contribution in [2.45, 2.75) is 32.6 Å². The minimum absolute atomic E-state index is 0.0275. The van der Waals surface area contributed by atoms with Crippen molar-refractivity contribution < 1.29 is 9.53 Å². The fourth-order valence-corrected chi connectivity index (χ4v) is 3.82. The van der Waals surface area contributed by atoms with Gasteiger partial charge in [0.1, 0.15) is 0 Å². The van der Waals surface area contributed by atoms with Crippen LogP contribution in [0.4, 0.5) is 11.6 Å². The molecule has 1 aromatic heterocycles. The third-order valence-corrected chi connectivity index (χ3v) is 5.46. The molecule has 0 spiro atoms. The lowest BCUT2D eigenvalue weighted by Gasteiger charge is -2.29. The summed E-state index contributed by atoms with van der Waals surface area (Å²) in [6.07, 6.45) is 5.17. The summed E-state index contributed by atoms with van der Waals surface area (Å²) < 4.78 is 5.40. The van der Waals surface area contributed by atoms with Crippen molar-refractivity contribution in [2.75, 3.05) is 36.5 Å². The van der Waals surface area contributed by atoms with Crippen LogP contribution in [0, 0.1) is 5.92 Å². The maximum atomic E-state index is 12.8. The van der Waals surface area contributed by atoms with Gasteiger partial charge in [0.05, 0.1) is 13.2 Å². The summed E-state index contributed by atoms with van der Waals surface area (Å²) in [6.45, 7) is 5.22. The molecule has 27 heavy (non-hydrogen) atoms. The minimum atomic E-state index is -0.0275. The van der Waals surface area contributed by atoms with Crippen LogP contribution in [0.2, 0.25) is 0 Å². The van der Waals surface area contributed by atoms with Gasteiger partial charge in [-0.2, -0.15) is 0 Å². The van der Waals surface area contributed by atoms with Crippen molar-refractivity contribution in [1.82, 2.24) is 9.97 Å². The zero-order valence-corrected chi connectivity index (χ0v) is 15.8. The molecular formula is C21H26N4O2. The highest BCUT2D eigenvalue weighted by Crippen LogP contribution is 2.27. The van der Waals surface area contributed by atoms with Crippen LogP contribution in [0.3, 0.4) is 0 Å². The van der Waals surface area contributed by atoms with Crippen LogP contribution in [0.25, 0.3) is 0 Å². The van der Waals surface area contributed by atoms with Crippen molar-refractivity contribution in [2.24, 2.45) is 5.92 Å². The Labute approximate surface area is 160 Å². The van der Waals surface area contributed by atoms with Crippen molar-refractivity contribution in [1.29, 1.82) is 0 Å². The molecule has 2 heterocycles. The normalized spacial score (nSPS) is 19.4. The second-order valence-corrected chi connectivity index (χ2v) is 7.18. The van der Waals surface area contributed by atoms with Gasteiger partial charge in [0, 0.05) is 36.6 Å². The van der Waals surface area contributed by atoms with E-state index in [2.05, 4.69) is 28.2 Å². The lowest BCUT2D eigenvalue weighted by molar-refractivity contribution is -0.120. The first-order valence-electron chi connectivity index (χ1n) is 9.81. The molecule has 2 aliphatic rings. The standard InChI is InChI=1S/C21H26N4O2/c1-2-15-5-3-4-6-18(15)23-20(26)16-7-8-19-17(13-16)14-22-21(24-19)25-9-11-27-12-10-25/h3-6,14,16H,2,7-13H2,1H3,(H,23,26)/t16-/m1/s1. The van der Waals surface area contributed by atoms with Gasteiger partial charge in [0.2, 0.25) is 11.9 Å². The molecule has 0 bridgehead atoms. The van der Waals surface area contributed by atoms with E-state index in [9.17, 15) is 4.79 Å². The van der Waals surface area contributed by atoms with E-state index in [1.165, 1.54) is 5.56 Å². The Morgan fingerprint density at radius 1 is 1.30 bits per heavy atom. The molecule has 2 aromatic rings. The Balaban J connectivity index is 1.44. The molecule has 0 radical (unpaired) electrons. The van der Waals surface area contributed by atoms with Gasteiger partial charge < -0.3 is 15.0 Å². The Kier molecular flexibility index (Phi) is 5.34. The second-order valence-electron chi connectivity index (χ2n) is 7.18. The molecule has 6 heteroatoms. The molecule has 4 rings (SSSR count). The number of nitrogens with one attached hydrogen (secondary N) is 1. The molecule has 1 aliphatic carbocycles. The molecule has 1 atom stereocenters. The number of ether oxygens (including phenoxy) is 1. The van der Waals surface area contributed by atoms with Gasteiger partial charge in [-0.15, -0.1) is 0 Å². The van der Waals surface area contributed by atoms with E-state index in [1.54, 1.807) is 0 Å². The van der Waals surface area contributed by atoms with Crippen LogP contribution in [-0.4, -0.2) is 42.2 Å². The molecule has 142 valence electrons. The first-order valence-corrected chi connectivity index (χ1v) is 9.81. The minimum Gasteiger partial charge on any atom is -0.378 e. The molecule has 1 aliphatic heterocycles. The van der Waals surface area contributed by atoms with E-state index in [0.717, 1.165) is 68.5 Å². The SMILES string of the molecule is CCc1ccccc1NC(=O)[C@@H]1CCc2nc(N3CCOCC3)ncc2C1. The highest BCUT2D eigenvalue weighted by molar-refractivity contribution is 5.93. The Bertz CT molecular complexity index is 818. The van der Waals surface area contributed by atoms with E-state index >= 15 is 0 Å². The third kappa shape index (κ3) is 3.95. The summed E-state index contributed by atoms with van der Waals surface area (Å²) >= 11 is 0. The van der Waals surface area contributed by atoms with Gasteiger partial charge >= 0.3 is 0 Å². The Morgan fingerprint density at radius 2 is 2.11 bits per heavy atom. The van der Waals surface area contributed by atoms with Crippen molar-refractivity contribution in [3.63, 3.8) is 0 Å². The maximum Gasteiger partial charge on any atom is 0.227 e. The molecule has 6 nitrogen and oxygen atoms in total. The number of para-hydroxylation sites is 1. The van der Waals surface area contributed by atoms with E-state index in [0.29, 0.717) is 6.42 Å². The van der Waals surface area contributed by atoms with Gasteiger partial charge in [-0.3, -0.25) is 4.79 Å². The number of rotatable bonds is 4. The fraction of sp³-hybridized carbons (Fsp3) is 0.476. The number of aryl methyl sites for hydroxylation is 2. The van der Waals surface area contributed by atoms with Crippen LogP contribution >= 0.6 is 0 Å². The maximum absolute atomic E-state index is 12.8. The van der Waals surface area contributed by atoms with Gasteiger partial charge in [0.25, 0.3) is 0 Å². The molecular weight excluding hydrogens is 340 g/mol. The van der Waals surface area contributed by atoms with Crippen molar-refractivity contribution in [3.05, 3.63) is 47.3 Å². The lowest BCUT2D eigenvalue weighted by Crippen LogP contribution is -2.38. The molecule has 1 amide bonds. The average Bonchev–Trinajstić information content (AvgIpc) is 2.74. The largest absolute Gasteiger partial charge is 0.378 e. The summed E-state index contributed by atoms with van der Waals surface area (Å²) in [5, 5.41) is 3.12. The molecule has 1 saturated heterocycles. The highest BCUT2D eigenvalue weighted by Gasteiger charge is 2.27. The van der Waals surface area contributed by atoms with Crippen LogP contribution in [0.5, 0.6) is 0 Å². The number of benzene rings is 1. The average molecular weight is 366 g/mol. The van der Waals surface area contributed by atoms with E-state index in [1.807, 2.05) is 24.4 Å². The van der Waals surface area contributed by atoms with Crippen LogP contribution in [-0.2, 0) is 28.8 Å². The molecule has 1 aromatic carbocycles. The number of carbonyl (C=O) groups is 1. The Hall–Kier alpha value is -2.47. The Morgan fingerprint density at radius 3 is 2.93 bits per heavy atom. The van der Waals surface area contributed by atoms with Gasteiger partial charge in [0.15, 0.2) is 0 Å². The quantitative estimate of drug-likeness (QED) is 0.901. The van der Waals surface area contributed by atoms with Gasteiger partial charge in [-0.1, -0.05) is 25.1 Å². The number of hydrogen-bond acceptors (Lipinski definition) is 5. The third-order valence-electron chi connectivity index (χ3n) is 5.46. The van der Waals surface area contributed by atoms with E-state index in [-0.39, 0.29) is 11.8 Å². The first-order chi connectivity index (χ1) is 13.2. The zero-order valence-electron chi connectivity index (χ0n) is 15.8. The summed E-state index contributed by atoms with van der Waals surface area (Å²) in [5.41, 5.74) is 4.28. The van der Waals surface area contributed by atoms with Crippen molar-refractivity contribution >= 4 is 17.5 Å². The monoisotopic (exact) mass is 366 g/mol. The van der Waals surface area contributed by atoms with E-state index in [4.69, 9.17) is 9.72 Å². The molecule has 0 saturated carbocycles. The number of fused-ring (bicyclic) bond motifs is 1.